The highest BCUT2D eigenvalue weighted by Gasteiger charge is 2.23. The van der Waals surface area contributed by atoms with E-state index in [2.05, 4.69) is 4.74 Å². The van der Waals surface area contributed by atoms with E-state index in [1.54, 1.807) is 0 Å². The summed E-state index contributed by atoms with van der Waals surface area (Å²) in [7, 11) is 2.70. The van der Waals surface area contributed by atoms with Crippen LogP contribution in [-0.2, 0) is 9.53 Å². The zero-order valence-electron chi connectivity index (χ0n) is 10.0. The maximum Gasteiger partial charge on any atom is 0.313 e. The Kier molecular flexibility index (Phi) is 3.36. The molecule has 1 heterocycles. The summed E-state index contributed by atoms with van der Waals surface area (Å²) in [6.45, 7) is 0.0837. The van der Waals surface area contributed by atoms with Crippen molar-refractivity contribution < 1.29 is 28.5 Å². The lowest BCUT2D eigenvalue weighted by Crippen LogP contribution is -2.09. The highest BCUT2D eigenvalue weighted by Crippen LogP contribution is 2.41. The van der Waals surface area contributed by atoms with Crippen LogP contribution in [0.2, 0.25) is 0 Å². The molecule has 96 valence electrons. The molecule has 1 aromatic carbocycles. The Balaban J connectivity index is 2.29. The molecular weight excluding hydrogens is 240 g/mol. The van der Waals surface area contributed by atoms with E-state index in [0.717, 1.165) is 0 Å². The van der Waals surface area contributed by atoms with Crippen molar-refractivity contribution in [2.24, 2.45) is 0 Å². The van der Waals surface area contributed by atoms with Crippen LogP contribution in [0, 0.1) is 0 Å². The normalized spacial score (nSPS) is 12.1. The van der Waals surface area contributed by atoms with Gasteiger partial charge in [-0.2, -0.15) is 0 Å². The van der Waals surface area contributed by atoms with Crippen molar-refractivity contribution in [2.75, 3.05) is 21.0 Å². The van der Waals surface area contributed by atoms with Crippen molar-refractivity contribution in [3.05, 3.63) is 17.7 Å². The standard InChI is InChI=1S/C12H12O6/c1-15-9-3-7(8(13)5-11(14)16-2)4-10-12(9)18-6-17-10/h3-4H,5-6H2,1-2H3. The minimum absolute atomic E-state index is 0.0837. The van der Waals surface area contributed by atoms with Crippen LogP contribution in [-0.4, -0.2) is 32.8 Å². The molecule has 0 aliphatic carbocycles. The third-order valence-electron chi connectivity index (χ3n) is 2.51. The van der Waals surface area contributed by atoms with Gasteiger partial charge < -0.3 is 18.9 Å². The van der Waals surface area contributed by atoms with E-state index in [1.165, 1.54) is 26.4 Å². The predicted molar refractivity (Wildman–Crippen MR) is 60.1 cm³/mol. The number of esters is 1. The van der Waals surface area contributed by atoms with Crippen LogP contribution in [0.15, 0.2) is 12.1 Å². The van der Waals surface area contributed by atoms with Gasteiger partial charge in [0.05, 0.1) is 14.2 Å². The number of hydrogen-bond donors (Lipinski definition) is 0. The van der Waals surface area contributed by atoms with Crippen LogP contribution in [0.25, 0.3) is 0 Å². The predicted octanol–water partition coefficient (Wildman–Crippen LogP) is 1.17. The number of rotatable bonds is 4. The molecule has 1 aliphatic rings. The van der Waals surface area contributed by atoms with E-state index < -0.39 is 5.97 Å². The zero-order valence-corrected chi connectivity index (χ0v) is 10.0. The van der Waals surface area contributed by atoms with Crippen molar-refractivity contribution in [2.45, 2.75) is 6.42 Å². The van der Waals surface area contributed by atoms with Gasteiger partial charge in [-0.05, 0) is 12.1 Å². The van der Waals surface area contributed by atoms with Crippen LogP contribution in [0.5, 0.6) is 17.2 Å². The van der Waals surface area contributed by atoms with Crippen LogP contribution in [0.3, 0.4) is 0 Å². The molecule has 0 fully saturated rings. The summed E-state index contributed by atoms with van der Waals surface area (Å²) in [5, 5.41) is 0. The summed E-state index contributed by atoms with van der Waals surface area (Å²) < 4.78 is 20.0. The van der Waals surface area contributed by atoms with Gasteiger partial charge >= 0.3 is 5.97 Å². The fraction of sp³-hybridized carbons (Fsp3) is 0.333. The Hall–Kier alpha value is -2.24. The third-order valence-corrected chi connectivity index (χ3v) is 2.51. The molecule has 0 spiro atoms. The summed E-state index contributed by atoms with van der Waals surface area (Å²) in [4.78, 5) is 22.9. The van der Waals surface area contributed by atoms with Crippen LogP contribution in [0.4, 0.5) is 0 Å². The van der Waals surface area contributed by atoms with Crippen LogP contribution in [0.1, 0.15) is 16.8 Å². The summed E-state index contributed by atoms with van der Waals surface area (Å²) in [6.07, 6.45) is -0.320. The molecule has 0 radical (unpaired) electrons. The van der Waals surface area contributed by atoms with Crippen LogP contribution >= 0.6 is 0 Å². The van der Waals surface area contributed by atoms with Gasteiger partial charge in [0.2, 0.25) is 12.5 Å². The molecule has 0 amide bonds. The summed E-state index contributed by atoms with van der Waals surface area (Å²) in [6, 6.07) is 3.04. The number of ether oxygens (including phenoxy) is 4. The maximum atomic E-state index is 11.8. The maximum absolute atomic E-state index is 11.8. The minimum atomic E-state index is -0.586. The molecule has 6 nitrogen and oxygen atoms in total. The van der Waals surface area contributed by atoms with Gasteiger partial charge in [0.25, 0.3) is 0 Å². The second-order valence-corrected chi connectivity index (χ2v) is 3.59. The van der Waals surface area contributed by atoms with E-state index in [1.807, 2.05) is 0 Å². The zero-order chi connectivity index (χ0) is 13.1. The Morgan fingerprint density at radius 2 is 2.06 bits per heavy atom. The van der Waals surface area contributed by atoms with Crippen molar-refractivity contribution in [1.29, 1.82) is 0 Å². The molecule has 18 heavy (non-hydrogen) atoms. The molecule has 0 atom stereocenters. The molecule has 1 aromatic rings. The van der Waals surface area contributed by atoms with Gasteiger partial charge in [0.15, 0.2) is 17.3 Å². The fourth-order valence-electron chi connectivity index (χ4n) is 1.60. The first-order chi connectivity index (χ1) is 8.65. The third kappa shape index (κ3) is 2.22. The lowest BCUT2D eigenvalue weighted by Gasteiger charge is -2.07. The quantitative estimate of drug-likeness (QED) is 0.455. The van der Waals surface area contributed by atoms with Gasteiger partial charge in [-0.25, -0.2) is 0 Å². The lowest BCUT2D eigenvalue weighted by atomic mass is 10.1. The SMILES string of the molecule is COC(=O)CC(=O)c1cc(OC)c2c(c1)OCO2. The van der Waals surface area contributed by atoms with E-state index in [9.17, 15) is 9.59 Å². The van der Waals surface area contributed by atoms with Gasteiger partial charge in [0, 0.05) is 5.56 Å². The van der Waals surface area contributed by atoms with E-state index >= 15 is 0 Å². The molecule has 0 saturated carbocycles. The Labute approximate surface area is 103 Å². The average molecular weight is 252 g/mol. The monoisotopic (exact) mass is 252 g/mol. The van der Waals surface area contributed by atoms with Crippen molar-refractivity contribution in [3.63, 3.8) is 0 Å². The van der Waals surface area contributed by atoms with Crippen molar-refractivity contribution in [3.8, 4) is 17.2 Å². The Morgan fingerprint density at radius 3 is 2.72 bits per heavy atom. The first kappa shape index (κ1) is 12.2. The first-order valence-corrected chi connectivity index (χ1v) is 5.23. The molecule has 0 saturated heterocycles. The molecule has 0 aromatic heterocycles. The van der Waals surface area contributed by atoms with E-state index in [0.29, 0.717) is 22.8 Å². The average Bonchev–Trinajstić information content (AvgIpc) is 2.85. The van der Waals surface area contributed by atoms with E-state index in [-0.39, 0.29) is 19.0 Å². The summed E-state index contributed by atoms with van der Waals surface area (Å²) in [5.74, 6) is 0.350. The number of carbonyl (C=O) groups is 2. The second kappa shape index (κ2) is 4.95. The lowest BCUT2D eigenvalue weighted by molar-refractivity contribution is -0.139. The number of hydrogen-bond acceptors (Lipinski definition) is 6. The van der Waals surface area contributed by atoms with Gasteiger partial charge in [-0.15, -0.1) is 0 Å². The molecular formula is C12H12O6. The van der Waals surface area contributed by atoms with Gasteiger partial charge in [-0.1, -0.05) is 0 Å². The van der Waals surface area contributed by atoms with E-state index in [4.69, 9.17) is 14.2 Å². The van der Waals surface area contributed by atoms with Crippen molar-refractivity contribution in [1.82, 2.24) is 0 Å². The Bertz CT molecular complexity index is 494. The number of carbonyl (C=O) groups excluding carboxylic acids is 2. The van der Waals surface area contributed by atoms with Crippen LogP contribution < -0.4 is 14.2 Å². The number of fused-ring (bicyclic) bond motifs is 1. The topological polar surface area (TPSA) is 71.1 Å². The highest BCUT2D eigenvalue weighted by atomic mass is 16.7. The summed E-state index contributed by atoms with van der Waals surface area (Å²) >= 11 is 0. The molecule has 6 heteroatoms. The summed E-state index contributed by atoms with van der Waals surface area (Å²) in [5.41, 5.74) is 0.321. The van der Waals surface area contributed by atoms with Gasteiger partial charge in [-0.3, -0.25) is 9.59 Å². The molecule has 0 bridgehead atoms. The minimum Gasteiger partial charge on any atom is -0.493 e. The van der Waals surface area contributed by atoms with Gasteiger partial charge in [0.1, 0.15) is 6.42 Å². The second-order valence-electron chi connectivity index (χ2n) is 3.59. The highest BCUT2D eigenvalue weighted by molar-refractivity contribution is 6.06. The number of ketones is 1. The largest absolute Gasteiger partial charge is 0.493 e. The Morgan fingerprint density at radius 1 is 1.28 bits per heavy atom. The van der Waals surface area contributed by atoms with Crippen molar-refractivity contribution >= 4 is 11.8 Å². The number of Topliss-reactive ketones (excluding diaryl/α,β-unsaturated/α-hetero) is 1. The first-order valence-electron chi connectivity index (χ1n) is 5.23. The molecule has 2 rings (SSSR count). The molecule has 1 aliphatic heterocycles. The molecule has 0 unspecified atom stereocenters. The number of benzene rings is 1. The number of methoxy groups -OCH3 is 2. The smallest absolute Gasteiger partial charge is 0.313 e. The fourth-order valence-corrected chi connectivity index (χ4v) is 1.60. The molecule has 0 N–H and O–H groups in total.